The van der Waals surface area contributed by atoms with Gasteiger partial charge in [0.2, 0.25) is 21.8 Å². The van der Waals surface area contributed by atoms with Crippen molar-refractivity contribution >= 4 is 37.8 Å². The van der Waals surface area contributed by atoms with Crippen LogP contribution in [0.3, 0.4) is 0 Å². The summed E-state index contributed by atoms with van der Waals surface area (Å²) in [6, 6.07) is 5.46. The van der Waals surface area contributed by atoms with E-state index in [9.17, 15) is 18.0 Å². The summed E-state index contributed by atoms with van der Waals surface area (Å²) in [6.07, 6.45) is 0.467. The Morgan fingerprint density at radius 3 is 2.24 bits per heavy atom. The minimum absolute atomic E-state index is 0.0935. The highest BCUT2D eigenvalue weighted by atomic mass is 79.9. The van der Waals surface area contributed by atoms with Crippen molar-refractivity contribution in [3.05, 3.63) is 28.7 Å². The second-order valence-electron chi connectivity index (χ2n) is 6.08. The summed E-state index contributed by atoms with van der Waals surface area (Å²) < 4.78 is 26.7. The summed E-state index contributed by atoms with van der Waals surface area (Å²) in [6.45, 7) is 3.50. The quantitative estimate of drug-likeness (QED) is 0.646. The van der Waals surface area contributed by atoms with Crippen molar-refractivity contribution in [2.45, 2.75) is 31.2 Å². The van der Waals surface area contributed by atoms with Crippen LogP contribution >= 0.6 is 15.9 Å². The van der Waals surface area contributed by atoms with Gasteiger partial charge in [-0.1, -0.05) is 29.8 Å². The molecule has 1 aromatic carbocycles. The van der Waals surface area contributed by atoms with Crippen molar-refractivity contribution in [3.63, 3.8) is 0 Å². The van der Waals surface area contributed by atoms with Crippen LogP contribution in [-0.4, -0.2) is 51.2 Å². The van der Waals surface area contributed by atoms with Crippen LogP contribution in [0.4, 0.5) is 0 Å². The van der Waals surface area contributed by atoms with Gasteiger partial charge in [-0.2, -0.15) is 4.31 Å². The number of hydrogen-bond donors (Lipinski definition) is 2. The molecule has 1 aromatic rings. The van der Waals surface area contributed by atoms with Crippen LogP contribution in [0.1, 0.15) is 20.3 Å². The molecule has 0 aromatic heterocycles. The van der Waals surface area contributed by atoms with E-state index in [1.165, 1.54) is 26.2 Å². The fourth-order valence-corrected chi connectivity index (χ4v) is 3.58. The van der Waals surface area contributed by atoms with E-state index in [1.807, 2.05) is 13.8 Å². The zero-order valence-electron chi connectivity index (χ0n) is 14.7. The number of carbonyl (C=O) groups is 2. The van der Waals surface area contributed by atoms with Gasteiger partial charge in [-0.05, 0) is 36.6 Å². The van der Waals surface area contributed by atoms with E-state index in [0.717, 1.165) is 8.78 Å². The minimum Gasteiger partial charge on any atom is -0.357 e. The maximum atomic E-state index is 12.5. The molecule has 1 unspecified atom stereocenters. The van der Waals surface area contributed by atoms with Gasteiger partial charge in [-0.25, -0.2) is 8.42 Å². The molecular formula is C16H24BrN3O4S. The zero-order chi connectivity index (χ0) is 19.2. The summed E-state index contributed by atoms with van der Waals surface area (Å²) >= 11 is 3.25. The third-order valence-electron chi connectivity index (χ3n) is 3.49. The Labute approximate surface area is 157 Å². The van der Waals surface area contributed by atoms with E-state index in [4.69, 9.17) is 0 Å². The molecule has 0 fully saturated rings. The predicted molar refractivity (Wildman–Crippen MR) is 99.4 cm³/mol. The van der Waals surface area contributed by atoms with Gasteiger partial charge in [0.25, 0.3) is 0 Å². The number of hydrogen-bond acceptors (Lipinski definition) is 4. The molecule has 0 radical (unpaired) electrons. The van der Waals surface area contributed by atoms with Gasteiger partial charge >= 0.3 is 0 Å². The lowest BCUT2D eigenvalue weighted by molar-refractivity contribution is -0.129. The average molecular weight is 434 g/mol. The number of nitrogens with zero attached hydrogens (tertiary/aromatic N) is 1. The van der Waals surface area contributed by atoms with Crippen molar-refractivity contribution < 1.29 is 18.0 Å². The van der Waals surface area contributed by atoms with Crippen LogP contribution in [-0.2, 0) is 19.6 Å². The molecule has 0 aliphatic heterocycles. The van der Waals surface area contributed by atoms with Gasteiger partial charge in [0.15, 0.2) is 0 Å². The lowest BCUT2D eigenvalue weighted by Crippen LogP contribution is -2.49. The second kappa shape index (κ2) is 9.30. The summed E-state index contributed by atoms with van der Waals surface area (Å²) in [5.41, 5.74) is 0. The molecule has 0 heterocycles. The monoisotopic (exact) mass is 433 g/mol. The first-order valence-electron chi connectivity index (χ1n) is 7.80. The smallest absolute Gasteiger partial charge is 0.243 e. The maximum absolute atomic E-state index is 12.5. The van der Waals surface area contributed by atoms with Crippen molar-refractivity contribution in [2.24, 2.45) is 5.92 Å². The van der Waals surface area contributed by atoms with Gasteiger partial charge in [-0.3, -0.25) is 9.59 Å². The minimum atomic E-state index is -3.78. The van der Waals surface area contributed by atoms with Crippen molar-refractivity contribution in [3.8, 4) is 0 Å². The fraction of sp³-hybridized carbons (Fsp3) is 0.500. The Bertz CT molecular complexity index is 705. The number of likely N-dealkylation sites (N-methyl/N-ethyl adjacent to an activating group) is 2. The molecule has 0 bridgehead atoms. The van der Waals surface area contributed by atoms with E-state index in [0.29, 0.717) is 6.42 Å². The Hall–Kier alpha value is -1.45. The van der Waals surface area contributed by atoms with E-state index in [1.54, 1.807) is 12.1 Å². The highest BCUT2D eigenvalue weighted by Gasteiger charge is 2.26. The number of halogens is 1. The topological polar surface area (TPSA) is 95.6 Å². The molecule has 0 aliphatic carbocycles. The third-order valence-corrected chi connectivity index (χ3v) is 5.84. The average Bonchev–Trinajstić information content (AvgIpc) is 2.53. The summed E-state index contributed by atoms with van der Waals surface area (Å²) in [4.78, 5) is 24.1. The van der Waals surface area contributed by atoms with Gasteiger partial charge in [0.05, 0.1) is 11.4 Å². The first kappa shape index (κ1) is 21.6. The molecule has 2 amide bonds. The van der Waals surface area contributed by atoms with Crippen molar-refractivity contribution in [1.82, 2.24) is 14.9 Å². The number of benzene rings is 1. The van der Waals surface area contributed by atoms with Crippen LogP contribution in [0.25, 0.3) is 0 Å². The molecule has 0 saturated carbocycles. The third kappa shape index (κ3) is 6.41. The lowest BCUT2D eigenvalue weighted by atomic mass is 10.0. The van der Waals surface area contributed by atoms with Crippen LogP contribution in [0.2, 0.25) is 0 Å². The highest BCUT2D eigenvalue weighted by Crippen LogP contribution is 2.17. The zero-order valence-corrected chi connectivity index (χ0v) is 17.1. The highest BCUT2D eigenvalue weighted by molar-refractivity contribution is 9.10. The van der Waals surface area contributed by atoms with Gasteiger partial charge in [0, 0.05) is 18.6 Å². The molecule has 1 atom stereocenters. The van der Waals surface area contributed by atoms with E-state index < -0.39 is 22.0 Å². The fourth-order valence-electron chi connectivity index (χ4n) is 2.19. The molecule has 9 heteroatoms. The number of rotatable bonds is 8. The van der Waals surface area contributed by atoms with Crippen LogP contribution in [0.5, 0.6) is 0 Å². The normalized spacial score (nSPS) is 12.9. The van der Waals surface area contributed by atoms with Crippen molar-refractivity contribution in [1.29, 1.82) is 0 Å². The Kier molecular flexibility index (Phi) is 8.04. The predicted octanol–water partition coefficient (Wildman–Crippen LogP) is 1.35. The Balaban J connectivity index is 2.80. The molecule has 140 valence electrons. The molecule has 25 heavy (non-hydrogen) atoms. The largest absolute Gasteiger partial charge is 0.357 e. The molecule has 7 nitrogen and oxygen atoms in total. The molecular weight excluding hydrogens is 410 g/mol. The maximum Gasteiger partial charge on any atom is 0.243 e. The number of sulfonamides is 1. The summed E-state index contributed by atoms with van der Waals surface area (Å²) in [5.74, 6) is -0.635. The lowest BCUT2D eigenvalue weighted by Gasteiger charge is -2.21. The molecule has 0 saturated heterocycles. The molecule has 0 aliphatic rings. The standard InChI is InChI=1S/C16H24BrN3O4S/c1-11(2)9-14(16(22)18-3)19-15(21)10-20(4)25(23,24)13-7-5-12(17)6-8-13/h5-8,11,14H,9-10H2,1-4H3,(H,18,22)(H,19,21). The molecule has 2 N–H and O–H groups in total. The molecule has 0 spiro atoms. The van der Waals surface area contributed by atoms with Crippen LogP contribution < -0.4 is 10.6 Å². The van der Waals surface area contributed by atoms with Gasteiger partial charge in [-0.15, -0.1) is 0 Å². The second-order valence-corrected chi connectivity index (χ2v) is 9.04. The van der Waals surface area contributed by atoms with E-state index >= 15 is 0 Å². The van der Waals surface area contributed by atoms with Crippen LogP contribution in [0, 0.1) is 5.92 Å². The summed E-state index contributed by atoms with van der Waals surface area (Å²) in [7, 11) is -0.965. The number of carbonyl (C=O) groups excluding carboxylic acids is 2. The van der Waals surface area contributed by atoms with Crippen molar-refractivity contribution in [2.75, 3.05) is 20.6 Å². The van der Waals surface area contributed by atoms with Gasteiger partial charge in [0.1, 0.15) is 6.04 Å². The first-order chi connectivity index (χ1) is 11.6. The van der Waals surface area contributed by atoms with Crippen LogP contribution in [0.15, 0.2) is 33.6 Å². The molecule has 1 rings (SSSR count). The first-order valence-corrected chi connectivity index (χ1v) is 10.0. The number of nitrogens with one attached hydrogen (secondary N) is 2. The van der Waals surface area contributed by atoms with E-state index in [-0.39, 0.29) is 23.3 Å². The van der Waals surface area contributed by atoms with Gasteiger partial charge < -0.3 is 10.6 Å². The Morgan fingerprint density at radius 1 is 1.20 bits per heavy atom. The summed E-state index contributed by atoms with van der Waals surface area (Å²) in [5, 5.41) is 5.10. The SMILES string of the molecule is CNC(=O)C(CC(C)C)NC(=O)CN(C)S(=O)(=O)c1ccc(Br)cc1. The van der Waals surface area contributed by atoms with E-state index in [2.05, 4.69) is 26.6 Å². The number of amides is 2. The Morgan fingerprint density at radius 2 is 1.76 bits per heavy atom.